The van der Waals surface area contributed by atoms with Crippen LogP contribution in [0.3, 0.4) is 0 Å². The third kappa shape index (κ3) is 2.41. The van der Waals surface area contributed by atoms with E-state index in [0.29, 0.717) is 6.54 Å². The molecule has 1 fully saturated rings. The summed E-state index contributed by atoms with van der Waals surface area (Å²) in [6.45, 7) is 4.07. The van der Waals surface area contributed by atoms with E-state index >= 15 is 0 Å². The summed E-state index contributed by atoms with van der Waals surface area (Å²) >= 11 is 0. The third-order valence-corrected chi connectivity index (χ3v) is 5.97. The van der Waals surface area contributed by atoms with E-state index in [0.717, 1.165) is 12.8 Å². The maximum Gasteiger partial charge on any atom is 0.216 e. The van der Waals surface area contributed by atoms with Crippen molar-refractivity contribution in [2.75, 3.05) is 27.7 Å². The first-order valence-electron chi connectivity index (χ1n) is 5.85. The summed E-state index contributed by atoms with van der Waals surface area (Å²) in [5.41, 5.74) is 0.0662. The lowest BCUT2D eigenvalue weighted by Gasteiger charge is -2.49. The molecule has 1 saturated carbocycles. The van der Waals surface area contributed by atoms with Gasteiger partial charge in [-0.25, -0.2) is 12.7 Å². The Morgan fingerprint density at radius 3 is 1.94 bits per heavy atom. The number of hydrogen-bond donors (Lipinski definition) is 0. The Morgan fingerprint density at radius 1 is 1.19 bits per heavy atom. The van der Waals surface area contributed by atoms with Crippen molar-refractivity contribution < 1.29 is 8.42 Å². The average Bonchev–Trinajstić information content (AvgIpc) is 2.09. The molecule has 0 aromatic carbocycles. The molecule has 0 radical (unpaired) electrons. The summed E-state index contributed by atoms with van der Waals surface area (Å²) in [6.07, 6.45) is 3.39. The van der Waals surface area contributed by atoms with Crippen molar-refractivity contribution in [3.05, 3.63) is 0 Å². The van der Waals surface area contributed by atoms with Gasteiger partial charge >= 0.3 is 0 Å². The molecule has 96 valence electrons. The Kier molecular flexibility index (Phi) is 4.03. The molecule has 0 atom stereocenters. The highest BCUT2D eigenvalue weighted by molar-refractivity contribution is 7.89. The van der Waals surface area contributed by atoms with Crippen LogP contribution in [0, 0.1) is 0 Å². The van der Waals surface area contributed by atoms with Gasteiger partial charge in [0.25, 0.3) is 0 Å². The van der Waals surface area contributed by atoms with Crippen LogP contribution in [0.2, 0.25) is 0 Å². The second-order valence-corrected chi connectivity index (χ2v) is 7.92. The first kappa shape index (κ1) is 13.9. The van der Waals surface area contributed by atoms with Gasteiger partial charge in [0.2, 0.25) is 10.0 Å². The monoisotopic (exact) mass is 248 g/mol. The number of nitrogens with zero attached hydrogens (tertiary/aromatic N) is 2. The summed E-state index contributed by atoms with van der Waals surface area (Å²) in [6, 6.07) is 0. The van der Waals surface area contributed by atoms with Gasteiger partial charge < -0.3 is 4.90 Å². The molecule has 0 heterocycles. The zero-order chi connectivity index (χ0) is 12.6. The first-order valence-corrected chi connectivity index (χ1v) is 7.35. The molecule has 0 bridgehead atoms. The fourth-order valence-corrected chi connectivity index (χ4v) is 3.34. The largest absolute Gasteiger partial charge is 0.302 e. The van der Waals surface area contributed by atoms with Crippen molar-refractivity contribution in [2.45, 2.75) is 43.9 Å². The fourth-order valence-electron chi connectivity index (χ4n) is 2.20. The van der Waals surface area contributed by atoms with E-state index in [1.54, 1.807) is 20.9 Å². The van der Waals surface area contributed by atoms with E-state index in [4.69, 9.17) is 0 Å². The van der Waals surface area contributed by atoms with Crippen LogP contribution in [0.4, 0.5) is 0 Å². The highest BCUT2D eigenvalue weighted by atomic mass is 32.2. The Labute approximate surface area is 99.7 Å². The van der Waals surface area contributed by atoms with Crippen LogP contribution >= 0.6 is 0 Å². The predicted octanol–water partition coefficient (Wildman–Crippen LogP) is 1.14. The van der Waals surface area contributed by atoms with Gasteiger partial charge in [0.05, 0.1) is 5.25 Å². The molecule has 0 aromatic heterocycles. The van der Waals surface area contributed by atoms with E-state index in [9.17, 15) is 8.42 Å². The molecule has 4 nitrogen and oxygen atoms in total. The van der Waals surface area contributed by atoms with Crippen molar-refractivity contribution in [3.8, 4) is 0 Å². The molecule has 0 spiro atoms. The number of sulfonamides is 1. The van der Waals surface area contributed by atoms with Gasteiger partial charge in [-0.05, 0) is 47.2 Å². The van der Waals surface area contributed by atoms with Crippen LogP contribution in [0.5, 0.6) is 0 Å². The zero-order valence-corrected chi connectivity index (χ0v) is 11.8. The van der Waals surface area contributed by atoms with E-state index < -0.39 is 10.0 Å². The molecular formula is C11H24N2O2S. The van der Waals surface area contributed by atoms with Gasteiger partial charge in [-0.1, -0.05) is 0 Å². The van der Waals surface area contributed by atoms with Crippen molar-refractivity contribution in [1.82, 2.24) is 9.21 Å². The summed E-state index contributed by atoms with van der Waals surface area (Å²) in [5.74, 6) is 0. The standard InChI is InChI=1S/C11H24N2O2S/c1-10(2)16(14,15)13(5)9-11(12(3)4)7-6-8-11/h10H,6-9H2,1-5H3. The normalized spacial score (nSPS) is 20.5. The average molecular weight is 248 g/mol. The molecular weight excluding hydrogens is 224 g/mol. The van der Waals surface area contributed by atoms with Crippen LogP contribution < -0.4 is 0 Å². The van der Waals surface area contributed by atoms with Crippen LogP contribution in [0.15, 0.2) is 0 Å². The predicted molar refractivity (Wildman–Crippen MR) is 67.0 cm³/mol. The number of hydrogen-bond acceptors (Lipinski definition) is 3. The summed E-state index contributed by atoms with van der Waals surface area (Å²) in [7, 11) is 2.65. The van der Waals surface area contributed by atoms with E-state index in [-0.39, 0.29) is 10.8 Å². The molecule has 1 aliphatic rings. The van der Waals surface area contributed by atoms with Gasteiger partial charge in [0, 0.05) is 19.1 Å². The maximum atomic E-state index is 12.0. The van der Waals surface area contributed by atoms with Gasteiger partial charge in [0.15, 0.2) is 0 Å². The van der Waals surface area contributed by atoms with E-state index in [1.807, 2.05) is 14.1 Å². The molecule has 0 unspecified atom stereocenters. The molecule has 0 N–H and O–H groups in total. The van der Waals surface area contributed by atoms with Crippen molar-refractivity contribution in [2.24, 2.45) is 0 Å². The van der Waals surface area contributed by atoms with Gasteiger partial charge in [0.1, 0.15) is 0 Å². The first-order chi connectivity index (χ1) is 7.22. The molecule has 1 aliphatic carbocycles. The molecule has 1 rings (SSSR count). The minimum Gasteiger partial charge on any atom is -0.302 e. The Bertz CT molecular complexity index is 332. The van der Waals surface area contributed by atoms with Crippen LogP contribution in [0.1, 0.15) is 33.1 Å². The summed E-state index contributed by atoms with van der Waals surface area (Å²) in [4.78, 5) is 2.17. The molecule has 5 heteroatoms. The lowest BCUT2D eigenvalue weighted by atomic mass is 9.75. The molecule has 16 heavy (non-hydrogen) atoms. The number of likely N-dealkylation sites (N-methyl/N-ethyl adjacent to an activating group) is 2. The lowest BCUT2D eigenvalue weighted by Crippen LogP contribution is -2.57. The maximum absolute atomic E-state index is 12.0. The molecule has 0 aromatic rings. The van der Waals surface area contributed by atoms with Gasteiger partial charge in [-0.15, -0.1) is 0 Å². The van der Waals surface area contributed by atoms with Crippen LogP contribution in [-0.4, -0.2) is 56.1 Å². The highest BCUT2D eigenvalue weighted by Crippen LogP contribution is 2.37. The van der Waals surface area contributed by atoms with E-state index in [1.165, 1.54) is 10.7 Å². The summed E-state index contributed by atoms with van der Waals surface area (Å²) < 4.78 is 25.5. The van der Waals surface area contributed by atoms with Gasteiger partial charge in [-0.3, -0.25) is 0 Å². The van der Waals surface area contributed by atoms with Crippen LogP contribution in [-0.2, 0) is 10.0 Å². The van der Waals surface area contributed by atoms with E-state index in [2.05, 4.69) is 4.90 Å². The second-order valence-electron chi connectivity index (χ2n) is 5.32. The SMILES string of the molecule is CC(C)S(=O)(=O)N(C)CC1(N(C)C)CCC1. The Morgan fingerprint density at radius 2 is 1.69 bits per heavy atom. The molecule has 0 amide bonds. The van der Waals surface area contributed by atoms with Crippen molar-refractivity contribution >= 4 is 10.0 Å². The zero-order valence-electron chi connectivity index (χ0n) is 11.0. The smallest absolute Gasteiger partial charge is 0.216 e. The Balaban J connectivity index is 2.74. The van der Waals surface area contributed by atoms with Crippen LogP contribution in [0.25, 0.3) is 0 Å². The second kappa shape index (κ2) is 4.63. The molecule has 0 saturated heterocycles. The topological polar surface area (TPSA) is 40.6 Å². The number of rotatable bonds is 5. The minimum atomic E-state index is -3.11. The third-order valence-electron chi connectivity index (χ3n) is 3.78. The summed E-state index contributed by atoms with van der Waals surface area (Å²) in [5, 5.41) is -0.336. The fraction of sp³-hybridized carbons (Fsp3) is 1.00. The minimum absolute atomic E-state index is 0.0662. The van der Waals surface area contributed by atoms with Crippen molar-refractivity contribution in [1.29, 1.82) is 0 Å². The highest BCUT2D eigenvalue weighted by Gasteiger charge is 2.42. The lowest BCUT2D eigenvalue weighted by molar-refractivity contribution is 0.0454. The van der Waals surface area contributed by atoms with Crippen molar-refractivity contribution in [3.63, 3.8) is 0 Å². The Hall–Kier alpha value is -0.130. The van der Waals surface area contributed by atoms with Gasteiger partial charge in [-0.2, -0.15) is 0 Å². The quantitative estimate of drug-likeness (QED) is 0.732. The molecule has 0 aliphatic heterocycles.